The minimum Gasteiger partial charge on any atom is -0.354 e. The van der Waals surface area contributed by atoms with E-state index in [2.05, 4.69) is 314 Å². The molecule has 0 bridgehead atoms. The summed E-state index contributed by atoms with van der Waals surface area (Å²) in [7, 11) is 0. The molecule has 2 nitrogen and oxygen atoms in total. The Kier molecular flexibility index (Phi) is 10.4. The van der Waals surface area contributed by atoms with E-state index in [1.54, 1.807) is 0 Å². The van der Waals surface area contributed by atoms with Gasteiger partial charge < -0.3 is 10.6 Å². The monoisotopic (exact) mass is 1020 g/mol. The zero-order valence-corrected chi connectivity index (χ0v) is 43.9. The first-order valence-electron chi connectivity index (χ1n) is 27.8. The van der Waals surface area contributed by atoms with Crippen LogP contribution in [0.2, 0.25) is 0 Å². The van der Waals surface area contributed by atoms with Gasteiger partial charge in [-0.05, 0) is 134 Å². The average molecular weight is 1020 g/mol. The number of anilines is 4. The van der Waals surface area contributed by atoms with Gasteiger partial charge in [0.2, 0.25) is 0 Å². The van der Waals surface area contributed by atoms with Gasteiger partial charge in [0, 0.05) is 22.5 Å². The van der Waals surface area contributed by atoms with E-state index in [1.807, 2.05) is 0 Å². The molecule has 14 aromatic rings. The van der Waals surface area contributed by atoms with E-state index in [0.717, 1.165) is 33.9 Å². The Morgan fingerprint density at radius 3 is 1.04 bits per heavy atom. The lowest BCUT2D eigenvalue weighted by Crippen LogP contribution is -2.35. The molecule has 16 rings (SSSR count). The van der Waals surface area contributed by atoms with E-state index in [-0.39, 0.29) is 0 Å². The van der Waals surface area contributed by atoms with E-state index in [1.165, 1.54) is 110 Å². The van der Waals surface area contributed by atoms with Gasteiger partial charge in [-0.2, -0.15) is 0 Å². The lowest BCUT2D eigenvalue weighted by molar-refractivity contribution is 0.741. The first-order chi connectivity index (χ1) is 39.7. The van der Waals surface area contributed by atoms with Crippen LogP contribution in [0.15, 0.2) is 303 Å². The van der Waals surface area contributed by atoms with E-state index >= 15 is 0 Å². The summed E-state index contributed by atoms with van der Waals surface area (Å²) in [5.41, 5.74) is 20.1. The minimum atomic E-state index is -0.609. The second-order valence-corrected chi connectivity index (χ2v) is 21.5. The van der Waals surface area contributed by atoms with Crippen molar-refractivity contribution in [2.24, 2.45) is 0 Å². The van der Waals surface area contributed by atoms with Crippen molar-refractivity contribution in [3.05, 3.63) is 348 Å². The van der Waals surface area contributed by atoms with E-state index in [4.69, 9.17) is 0 Å². The maximum absolute atomic E-state index is 4.10. The number of benzene rings is 14. The molecule has 0 aliphatic carbocycles. The standard InChI is InChI=1S/C78H52N2/c1-5-26-52(27-6-1)77(53-28-7-2-8-29-53)68-43-17-19-47-72(68)79-75-63(41-23-45-70(75)77)59-37-21-39-61-65(59)50-66-60(38-22-40-62(66)74(61)67-49-51-25-13-14-34-56(51)57-35-15-16-36-58(57)67)64-42-24-46-71-76(64)80-73-48-20-18-44-69(73)78(71,54-30-9-3-10-31-54)55-32-11-4-12-33-55/h1-50,79-80H. The van der Waals surface area contributed by atoms with Crippen LogP contribution in [0.25, 0.3) is 76.5 Å². The van der Waals surface area contributed by atoms with Crippen molar-refractivity contribution < 1.29 is 0 Å². The van der Waals surface area contributed by atoms with Gasteiger partial charge in [-0.15, -0.1) is 0 Å². The molecule has 0 saturated carbocycles. The molecule has 0 radical (unpaired) electrons. The highest BCUT2D eigenvalue weighted by Gasteiger charge is 2.46. The Bertz CT molecular complexity index is 4430. The van der Waals surface area contributed by atoms with Crippen LogP contribution in [0.1, 0.15) is 44.5 Å². The van der Waals surface area contributed by atoms with Crippen molar-refractivity contribution in [1.82, 2.24) is 0 Å². The molecule has 0 saturated heterocycles. The molecule has 2 aliphatic heterocycles. The summed E-state index contributed by atoms with van der Waals surface area (Å²) in [6.45, 7) is 0. The molecule has 0 aromatic heterocycles. The number of hydrogen-bond donors (Lipinski definition) is 2. The first kappa shape index (κ1) is 45.9. The SMILES string of the molecule is c1ccc(C2(c3ccccc3)c3ccccc3Nc3c(-c4cccc5c(-c6cc7ccccc7c7ccccc67)c6cccc(-c7cccc8c7Nc7ccccc7C8(c7ccccc7)c7ccccc7)c6cc45)cccc32)cc1. The molecule has 374 valence electrons. The molecular weight excluding hydrogens is 965 g/mol. The maximum Gasteiger partial charge on any atom is 0.0742 e. The number of para-hydroxylation sites is 4. The molecule has 2 aliphatic rings. The summed E-state index contributed by atoms with van der Waals surface area (Å²) in [4.78, 5) is 0. The lowest BCUT2D eigenvalue weighted by Gasteiger charge is -2.43. The minimum absolute atomic E-state index is 0.609. The summed E-state index contributed by atoms with van der Waals surface area (Å²) >= 11 is 0. The summed E-state index contributed by atoms with van der Waals surface area (Å²) < 4.78 is 0. The molecule has 0 spiro atoms. The van der Waals surface area contributed by atoms with E-state index in [0.29, 0.717) is 0 Å². The average Bonchev–Trinajstić information content (AvgIpc) is 3.66. The summed E-state index contributed by atoms with van der Waals surface area (Å²) in [6.07, 6.45) is 0. The Morgan fingerprint density at radius 2 is 0.562 bits per heavy atom. The third kappa shape index (κ3) is 6.60. The predicted molar refractivity (Wildman–Crippen MR) is 336 cm³/mol. The van der Waals surface area contributed by atoms with Gasteiger partial charge in [-0.25, -0.2) is 0 Å². The van der Waals surface area contributed by atoms with Gasteiger partial charge in [0.1, 0.15) is 0 Å². The smallest absolute Gasteiger partial charge is 0.0742 e. The zero-order valence-electron chi connectivity index (χ0n) is 43.9. The maximum atomic E-state index is 4.10. The molecule has 2 N–H and O–H groups in total. The fourth-order valence-electron chi connectivity index (χ4n) is 14.4. The molecule has 2 heterocycles. The van der Waals surface area contributed by atoms with Gasteiger partial charge in [0.25, 0.3) is 0 Å². The lowest BCUT2D eigenvalue weighted by atomic mass is 9.62. The predicted octanol–water partition coefficient (Wildman–Crippen LogP) is 20.2. The zero-order chi connectivity index (χ0) is 52.8. The molecule has 14 aromatic carbocycles. The van der Waals surface area contributed by atoms with Crippen LogP contribution in [-0.4, -0.2) is 0 Å². The van der Waals surface area contributed by atoms with Gasteiger partial charge in [0.15, 0.2) is 0 Å². The molecule has 0 fully saturated rings. The van der Waals surface area contributed by atoms with Crippen molar-refractivity contribution in [2.75, 3.05) is 10.6 Å². The molecule has 80 heavy (non-hydrogen) atoms. The molecule has 0 unspecified atom stereocenters. The Hall–Kier alpha value is -10.3. The Morgan fingerprint density at radius 1 is 0.212 bits per heavy atom. The largest absolute Gasteiger partial charge is 0.354 e. The number of rotatable bonds is 7. The highest BCUT2D eigenvalue weighted by Crippen LogP contribution is 2.59. The molecular formula is C78H52N2. The van der Waals surface area contributed by atoms with Crippen LogP contribution in [0.4, 0.5) is 22.7 Å². The molecule has 0 amide bonds. The fraction of sp³-hybridized carbons (Fsp3) is 0.0256. The van der Waals surface area contributed by atoms with Crippen molar-refractivity contribution in [3.63, 3.8) is 0 Å². The van der Waals surface area contributed by atoms with Gasteiger partial charge in [0.05, 0.1) is 22.2 Å². The van der Waals surface area contributed by atoms with Crippen LogP contribution < -0.4 is 10.6 Å². The van der Waals surface area contributed by atoms with Gasteiger partial charge in [-0.3, -0.25) is 0 Å². The summed E-state index contributed by atoms with van der Waals surface area (Å²) in [5, 5.41) is 17.9. The quantitative estimate of drug-likeness (QED) is 0.123. The second kappa shape index (κ2) is 18.2. The van der Waals surface area contributed by atoms with Gasteiger partial charge in [-0.1, -0.05) is 279 Å². The first-order valence-corrected chi connectivity index (χ1v) is 27.8. The normalized spacial score (nSPS) is 13.7. The topological polar surface area (TPSA) is 24.1 Å². The third-order valence-corrected chi connectivity index (χ3v) is 17.6. The van der Waals surface area contributed by atoms with Crippen LogP contribution in [0, 0.1) is 0 Å². The van der Waals surface area contributed by atoms with Crippen LogP contribution in [0.5, 0.6) is 0 Å². The van der Waals surface area contributed by atoms with Crippen LogP contribution in [0.3, 0.4) is 0 Å². The molecule has 2 heteroatoms. The Labute approximate surface area is 465 Å². The number of fused-ring (bicyclic) bond motifs is 9. The summed E-state index contributed by atoms with van der Waals surface area (Å²) in [5.74, 6) is 0. The van der Waals surface area contributed by atoms with E-state index < -0.39 is 10.8 Å². The van der Waals surface area contributed by atoms with Crippen LogP contribution in [-0.2, 0) is 10.8 Å². The highest BCUT2D eigenvalue weighted by atomic mass is 14.9. The van der Waals surface area contributed by atoms with Gasteiger partial charge >= 0.3 is 0 Å². The number of nitrogens with one attached hydrogen (secondary N) is 2. The van der Waals surface area contributed by atoms with Crippen molar-refractivity contribution in [3.8, 4) is 33.4 Å². The van der Waals surface area contributed by atoms with Crippen molar-refractivity contribution in [2.45, 2.75) is 10.8 Å². The molecule has 0 atom stereocenters. The third-order valence-electron chi connectivity index (χ3n) is 17.6. The van der Waals surface area contributed by atoms with Crippen molar-refractivity contribution in [1.29, 1.82) is 0 Å². The van der Waals surface area contributed by atoms with Crippen molar-refractivity contribution >= 4 is 65.8 Å². The van der Waals surface area contributed by atoms with Crippen LogP contribution >= 0.6 is 0 Å². The highest BCUT2D eigenvalue weighted by molar-refractivity contribution is 6.25. The number of hydrogen-bond acceptors (Lipinski definition) is 2. The summed E-state index contributed by atoms with van der Waals surface area (Å²) in [6, 6.07) is 113. The Balaban J connectivity index is 1.02. The fourth-order valence-corrected chi connectivity index (χ4v) is 14.4. The second-order valence-electron chi connectivity index (χ2n) is 21.5. The van der Waals surface area contributed by atoms with E-state index in [9.17, 15) is 0 Å².